The number of rotatable bonds is 4. The number of carbonyl (C=O) groups excluding carboxylic acids is 1. The first-order valence-electron chi connectivity index (χ1n) is 5.27. The van der Waals surface area contributed by atoms with Gasteiger partial charge in [-0.25, -0.2) is 0 Å². The third kappa shape index (κ3) is 3.39. The van der Waals surface area contributed by atoms with Crippen molar-refractivity contribution in [2.45, 2.75) is 13.8 Å². The molecule has 0 atom stereocenters. The Hall–Kier alpha value is -1.83. The molecule has 0 N–H and O–H groups in total. The summed E-state index contributed by atoms with van der Waals surface area (Å²) in [6.45, 7) is 7.75. The van der Waals surface area contributed by atoms with Gasteiger partial charge in [0.2, 0.25) is 5.91 Å². The van der Waals surface area contributed by atoms with Crippen LogP contribution in [0, 0.1) is 0 Å². The highest BCUT2D eigenvalue weighted by Gasteiger charge is 2.01. The van der Waals surface area contributed by atoms with E-state index < -0.39 is 0 Å². The zero-order valence-electron chi connectivity index (χ0n) is 9.81. The van der Waals surface area contributed by atoms with E-state index in [1.165, 1.54) is 12.5 Å². The van der Waals surface area contributed by atoms with Gasteiger partial charge in [0.1, 0.15) is 0 Å². The van der Waals surface area contributed by atoms with Gasteiger partial charge < -0.3 is 4.90 Å². The van der Waals surface area contributed by atoms with Crippen LogP contribution in [0.4, 0.5) is 0 Å². The average Bonchev–Trinajstić information content (AvgIpc) is 2.30. The second kappa shape index (κ2) is 5.91. The summed E-state index contributed by atoms with van der Waals surface area (Å²) in [6.07, 6.45) is 3.58. The normalized spacial score (nSPS) is 11.0. The molecule has 0 saturated carbocycles. The third-order valence-corrected chi connectivity index (χ3v) is 2.45. The zero-order chi connectivity index (χ0) is 12.0. The minimum atomic E-state index is 0.00658. The Morgan fingerprint density at radius 3 is 2.44 bits per heavy atom. The predicted molar refractivity (Wildman–Crippen MR) is 67.7 cm³/mol. The van der Waals surface area contributed by atoms with E-state index in [9.17, 15) is 4.79 Å². The molecular formula is C14H17NO. The summed E-state index contributed by atoms with van der Waals surface area (Å²) < 4.78 is 0. The summed E-state index contributed by atoms with van der Waals surface area (Å²) in [5.41, 5.74) is 2.34. The van der Waals surface area contributed by atoms with Gasteiger partial charge in [-0.1, -0.05) is 43.0 Å². The fourth-order valence-electron chi connectivity index (χ4n) is 1.39. The molecule has 84 valence electrons. The van der Waals surface area contributed by atoms with Crippen LogP contribution in [0.3, 0.4) is 0 Å². The number of benzene rings is 1. The van der Waals surface area contributed by atoms with Crippen LogP contribution < -0.4 is 0 Å². The smallest absolute Gasteiger partial charge is 0.223 e. The Bertz CT molecular complexity index is 392. The summed E-state index contributed by atoms with van der Waals surface area (Å²) in [6, 6.07) is 10.1. The second-order valence-electron chi connectivity index (χ2n) is 3.61. The molecule has 0 aliphatic carbocycles. The lowest BCUT2D eigenvalue weighted by Gasteiger charge is -2.13. The predicted octanol–water partition coefficient (Wildman–Crippen LogP) is 3.08. The van der Waals surface area contributed by atoms with Gasteiger partial charge in [-0.3, -0.25) is 4.79 Å². The van der Waals surface area contributed by atoms with Gasteiger partial charge >= 0.3 is 0 Å². The van der Waals surface area contributed by atoms with Crippen molar-refractivity contribution in [3.05, 3.63) is 54.8 Å². The van der Waals surface area contributed by atoms with Gasteiger partial charge in [-0.2, -0.15) is 0 Å². The maximum absolute atomic E-state index is 11.1. The van der Waals surface area contributed by atoms with E-state index in [4.69, 9.17) is 0 Å². The summed E-state index contributed by atoms with van der Waals surface area (Å²) in [7, 11) is 0. The van der Waals surface area contributed by atoms with Gasteiger partial charge in [0, 0.05) is 13.5 Å². The Morgan fingerprint density at radius 1 is 1.31 bits per heavy atom. The molecule has 1 aromatic carbocycles. The van der Waals surface area contributed by atoms with Crippen LogP contribution in [0.15, 0.2) is 49.2 Å². The fraction of sp³-hybridized carbons (Fsp3) is 0.214. The van der Waals surface area contributed by atoms with Crippen LogP contribution >= 0.6 is 0 Å². The molecule has 0 fully saturated rings. The minimum absolute atomic E-state index is 0.00658. The van der Waals surface area contributed by atoms with Crippen LogP contribution in [0.5, 0.6) is 0 Å². The first kappa shape index (κ1) is 12.2. The molecule has 0 aliphatic heterocycles. The van der Waals surface area contributed by atoms with Crippen molar-refractivity contribution >= 4 is 11.5 Å². The molecular weight excluding hydrogens is 198 g/mol. The maximum atomic E-state index is 11.1. The maximum Gasteiger partial charge on any atom is 0.223 e. The number of amides is 1. The number of allylic oxidation sites excluding steroid dienone is 1. The molecule has 1 amide bonds. The molecule has 0 spiro atoms. The van der Waals surface area contributed by atoms with Crippen molar-refractivity contribution in [2.24, 2.45) is 0 Å². The molecule has 0 saturated heterocycles. The molecule has 0 unspecified atom stereocenters. The molecule has 0 aromatic heterocycles. The number of hydrogen-bond donors (Lipinski definition) is 0. The zero-order valence-corrected chi connectivity index (χ0v) is 9.81. The lowest BCUT2D eigenvalue weighted by atomic mass is 10.1. The highest BCUT2D eigenvalue weighted by molar-refractivity contribution is 5.75. The largest absolute Gasteiger partial charge is 0.316 e. The Morgan fingerprint density at radius 2 is 1.94 bits per heavy atom. The van der Waals surface area contributed by atoms with E-state index in [2.05, 4.69) is 18.7 Å². The van der Waals surface area contributed by atoms with Crippen molar-refractivity contribution in [2.75, 3.05) is 6.54 Å². The monoisotopic (exact) mass is 215 g/mol. The molecule has 2 heteroatoms. The first-order valence-corrected chi connectivity index (χ1v) is 5.27. The summed E-state index contributed by atoms with van der Waals surface area (Å²) in [5, 5.41) is 0. The fourth-order valence-corrected chi connectivity index (χ4v) is 1.39. The van der Waals surface area contributed by atoms with E-state index in [0.29, 0.717) is 6.54 Å². The minimum Gasteiger partial charge on any atom is -0.316 e. The molecule has 0 aliphatic rings. The lowest BCUT2D eigenvalue weighted by Crippen LogP contribution is -2.22. The van der Waals surface area contributed by atoms with E-state index in [-0.39, 0.29) is 5.91 Å². The van der Waals surface area contributed by atoms with Crippen molar-refractivity contribution in [1.82, 2.24) is 4.90 Å². The molecule has 0 bridgehead atoms. The highest BCUT2D eigenvalue weighted by atomic mass is 16.2. The van der Waals surface area contributed by atoms with E-state index in [1.807, 2.05) is 31.2 Å². The van der Waals surface area contributed by atoms with Crippen molar-refractivity contribution in [3.63, 3.8) is 0 Å². The van der Waals surface area contributed by atoms with Gasteiger partial charge in [0.25, 0.3) is 0 Å². The van der Waals surface area contributed by atoms with Crippen molar-refractivity contribution < 1.29 is 4.79 Å². The lowest BCUT2D eigenvalue weighted by molar-refractivity contribution is -0.125. The average molecular weight is 215 g/mol. The highest BCUT2D eigenvalue weighted by Crippen LogP contribution is 2.12. The Labute approximate surface area is 96.9 Å². The van der Waals surface area contributed by atoms with Gasteiger partial charge in [0.05, 0.1) is 0 Å². The topological polar surface area (TPSA) is 20.3 Å². The van der Waals surface area contributed by atoms with Crippen LogP contribution in [-0.2, 0) is 4.79 Å². The van der Waals surface area contributed by atoms with Crippen LogP contribution in [-0.4, -0.2) is 17.4 Å². The van der Waals surface area contributed by atoms with E-state index >= 15 is 0 Å². The van der Waals surface area contributed by atoms with Gasteiger partial charge in [-0.15, -0.1) is 0 Å². The van der Waals surface area contributed by atoms with Crippen molar-refractivity contribution in [1.29, 1.82) is 0 Å². The summed E-state index contributed by atoms with van der Waals surface area (Å²) >= 11 is 0. The number of carbonyl (C=O) groups is 1. The molecule has 1 rings (SSSR count). The van der Waals surface area contributed by atoms with Gasteiger partial charge in [-0.05, 0) is 24.3 Å². The Balaban J connectivity index is 2.71. The summed E-state index contributed by atoms with van der Waals surface area (Å²) in [4.78, 5) is 12.7. The quantitative estimate of drug-likeness (QED) is 0.755. The van der Waals surface area contributed by atoms with Gasteiger partial charge in [0.15, 0.2) is 0 Å². The molecule has 0 heterocycles. The molecule has 1 aromatic rings. The molecule has 16 heavy (non-hydrogen) atoms. The Kier molecular flexibility index (Phi) is 4.52. The van der Waals surface area contributed by atoms with E-state index in [0.717, 1.165) is 5.57 Å². The SMILES string of the molecule is C=CN(C/C=C(/C)c1ccccc1)C(C)=O. The second-order valence-corrected chi connectivity index (χ2v) is 3.61. The first-order chi connectivity index (χ1) is 7.65. The van der Waals surface area contributed by atoms with E-state index in [1.54, 1.807) is 11.1 Å². The van der Waals surface area contributed by atoms with Crippen LogP contribution in [0.1, 0.15) is 19.4 Å². The number of nitrogens with zero attached hydrogens (tertiary/aromatic N) is 1. The van der Waals surface area contributed by atoms with Crippen molar-refractivity contribution in [3.8, 4) is 0 Å². The standard InChI is InChI=1S/C14H17NO/c1-4-15(13(3)16)11-10-12(2)14-8-6-5-7-9-14/h4-10H,1,11H2,2-3H3/b12-10-. The molecule has 0 radical (unpaired) electrons. The third-order valence-electron chi connectivity index (χ3n) is 2.45. The summed E-state index contributed by atoms with van der Waals surface area (Å²) in [5.74, 6) is 0.00658. The molecule has 2 nitrogen and oxygen atoms in total. The van der Waals surface area contributed by atoms with Crippen LogP contribution in [0.2, 0.25) is 0 Å². The van der Waals surface area contributed by atoms with Crippen LogP contribution in [0.25, 0.3) is 5.57 Å². The number of hydrogen-bond acceptors (Lipinski definition) is 1.